The van der Waals surface area contributed by atoms with Gasteiger partial charge in [-0.1, -0.05) is 43.0 Å². The summed E-state index contributed by atoms with van der Waals surface area (Å²) in [5.41, 5.74) is 2.10. The summed E-state index contributed by atoms with van der Waals surface area (Å²) in [6, 6.07) is 9.68. The summed E-state index contributed by atoms with van der Waals surface area (Å²) in [6.45, 7) is 2.08. The number of aryl methyl sites for hydroxylation is 1. The van der Waals surface area contributed by atoms with E-state index in [1.54, 1.807) is 0 Å². The highest BCUT2D eigenvalue weighted by molar-refractivity contribution is 7.98. The van der Waals surface area contributed by atoms with E-state index in [1.807, 2.05) is 36.6 Å². The molecule has 1 heterocycles. The van der Waals surface area contributed by atoms with Crippen LogP contribution in [0.3, 0.4) is 0 Å². The van der Waals surface area contributed by atoms with Gasteiger partial charge in [0.25, 0.3) is 5.56 Å². The highest BCUT2D eigenvalue weighted by Gasteiger charge is 2.12. The molecule has 5 heteroatoms. The molecular weight excluding hydrogens is 258 g/mol. The van der Waals surface area contributed by atoms with Crippen LogP contribution in [0.15, 0.2) is 34.2 Å². The third-order valence-electron chi connectivity index (χ3n) is 2.84. The van der Waals surface area contributed by atoms with Crippen molar-refractivity contribution in [2.24, 2.45) is 0 Å². The van der Waals surface area contributed by atoms with Crippen molar-refractivity contribution in [2.45, 2.75) is 18.5 Å². The molecule has 0 saturated heterocycles. The van der Waals surface area contributed by atoms with Crippen LogP contribution in [0.5, 0.6) is 0 Å². The molecule has 0 atom stereocenters. The second kappa shape index (κ2) is 5.72. The van der Waals surface area contributed by atoms with Gasteiger partial charge in [-0.05, 0) is 18.2 Å². The maximum absolute atomic E-state index is 11.8. The topological polar surface area (TPSA) is 69.5 Å². The summed E-state index contributed by atoms with van der Waals surface area (Å²) in [6.07, 6.45) is 2.78. The van der Waals surface area contributed by atoms with Crippen LogP contribution in [0, 0.1) is 11.3 Å². The zero-order valence-corrected chi connectivity index (χ0v) is 11.5. The standard InChI is InChI=1S/C14H13N3OS/c1-3-9-4-6-10(7-5-9)12-11(8-15)13(18)17-14(16-12)19-2/h4-7H,3H2,1-2H3,(H,16,17,18). The van der Waals surface area contributed by atoms with Crippen molar-refractivity contribution in [2.75, 3.05) is 6.26 Å². The van der Waals surface area contributed by atoms with Gasteiger partial charge >= 0.3 is 0 Å². The number of aromatic amines is 1. The minimum Gasteiger partial charge on any atom is -0.300 e. The van der Waals surface area contributed by atoms with Crippen LogP contribution in [-0.2, 0) is 6.42 Å². The number of thioether (sulfide) groups is 1. The molecule has 19 heavy (non-hydrogen) atoms. The van der Waals surface area contributed by atoms with Gasteiger partial charge in [0.1, 0.15) is 11.6 Å². The molecule has 1 aromatic heterocycles. The Balaban J connectivity index is 2.62. The van der Waals surface area contributed by atoms with E-state index in [1.165, 1.54) is 17.3 Å². The fourth-order valence-corrected chi connectivity index (χ4v) is 2.14. The normalized spacial score (nSPS) is 10.2. The molecule has 1 N–H and O–H groups in total. The summed E-state index contributed by atoms with van der Waals surface area (Å²) in [5, 5.41) is 9.62. The molecule has 0 saturated carbocycles. The van der Waals surface area contributed by atoms with E-state index in [2.05, 4.69) is 16.9 Å². The average molecular weight is 271 g/mol. The van der Waals surface area contributed by atoms with Gasteiger partial charge in [-0.3, -0.25) is 4.79 Å². The fraction of sp³-hybridized carbons (Fsp3) is 0.214. The van der Waals surface area contributed by atoms with E-state index in [0.29, 0.717) is 10.9 Å². The Kier molecular flexibility index (Phi) is 4.03. The lowest BCUT2D eigenvalue weighted by molar-refractivity contribution is 0.937. The number of nitrogens with one attached hydrogen (secondary N) is 1. The fourth-order valence-electron chi connectivity index (χ4n) is 1.76. The molecule has 2 rings (SSSR count). The van der Waals surface area contributed by atoms with E-state index >= 15 is 0 Å². The Morgan fingerprint density at radius 3 is 2.58 bits per heavy atom. The summed E-state index contributed by atoms with van der Waals surface area (Å²) < 4.78 is 0. The van der Waals surface area contributed by atoms with Crippen molar-refractivity contribution >= 4 is 11.8 Å². The molecule has 0 aliphatic carbocycles. The van der Waals surface area contributed by atoms with E-state index in [9.17, 15) is 4.79 Å². The van der Waals surface area contributed by atoms with Gasteiger partial charge in [0, 0.05) is 5.56 Å². The van der Waals surface area contributed by atoms with Gasteiger partial charge in [0.2, 0.25) is 0 Å². The third-order valence-corrected chi connectivity index (χ3v) is 3.42. The number of rotatable bonds is 3. The molecule has 0 radical (unpaired) electrons. The van der Waals surface area contributed by atoms with Crippen molar-refractivity contribution in [3.8, 4) is 17.3 Å². The zero-order chi connectivity index (χ0) is 13.8. The van der Waals surface area contributed by atoms with Crippen molar-refractivity contribution < 1.29 is 0 Å². The van der Waals surface area contributed by atoms with Crippen LogP contribution in [-0.4, -0.2) is 16.2 Å². The molecule has 0 spiro atoms. The molecule has 96 valence electrons. The highest BCUT2D eigenvalue weighted by Crippen LogP contribution is 2.21. The van der Waals surface area contributed by atoms with E-state index in [0.717, 1.165) is 12.0 Å². The Hall–Kier alpha value is -2.06. The molecular formula is C14H13N3OS. The lowest BCUT2D eigenvalue weighted by Crippen LogP contribution is -2.14. The molecule has 0 aliphatic heterocycles. The molecule has 0 bridgehead atoms. The second-order valence-corrected chi connectivity index (χ2v) is 4.76. The minimum absolute atomic E-state index is 0.0575. The Morgan fingerprint density at radius 2 is 2.05 bits per heavy atom. The number of hydrogen-bond acceptors (Lipinski definition) is 4. The first-order valence-corrected chi connectivity index (χ1v) is 7.09. The molecule has 1 aromatic carbocycles. The number of H-pyrrole nitrogens is 1. The van der Waals surface area contributed by atoms with Gasteiger partial charge in [0.05, 0.1) is 5.69 Å². The van der Waals surface area contributed by atoms with Gasteiger partial charge in [-0.25, -0.2) is 4.98 Å². The average Bonchev–Trinajstić information content (AvgIpc) is 2.46. The minimum atomic E-state index is -0.392. The number of nitrogens with zero attached hydrogens (tertiary/aromatic N) is 2. The lowest BCUT2D eigenvalue weighted by Gasteiger charge is -2.05. The van der Waals surface area contributed by atoms with Gasteiger partial charge in [0.15, 0.2) is 5.16 Å². The predicted molar refractivity (Wildman–Crippen MR) is 76.2 cm³/mol. The predicted octanol–water partition coefficient (Wildman–Crippen LogP) is 2.59. The first-order valence-electron chi connectivity index (χ1n) is 5.87. The summed E-state index contributed by atoms with van der Waals surface area (Å²) in [7, 11) is 0. The Labute approximate surface area is 115 Å². The van der Waals surface area contributed by atoms with Gasteiger partial charge in [-0.15, -0.1) is 0 Å². The summed E-state index contributed by atoms with van der Waals surface area (Å²) >= 11 is 1.34. The smallest absolute Gasteiger partial charge is 0.270 e. The van der Waals surface area contributed by atoms with Crippen LogP contribution in [0.4, 0.5) is 0 Å². The van der Waals surface area contributed by atoms with Crippen LogP contribution >= 0.6 is 11.8 Å². The SMILES string of the molecule is CCc1ccc(-c2nc(SC)[nH]c(=O)c2C#N)cc1. The number of hydrogen-bond donors (Lipinski definition) is 1. The van der Waals surface area contributed by atoms with Crippen molar-refractivity contribution in [1.29, 1.82) is 5.26 Å². The van der Waals surface area contributed by atoms with Gasteiger partial charge < -0.3 is 4.98 Å². The maximum atomic E-state index is 11.8. The van der Waals surface area contributed by atoms with E-state index in [4.69, 9.17) is 5.26 Å². The van der Waals surface area contributed by atoms with Crippen LogP contribution in [0.1, 0.15) is 18.1 Å². The van der Waals surface area contributed by atoms with Crippen LogP contribution in [0.2, 0.25) is 0 Å². The lowest BCUT2D eigenvalue weighted by atomic mass is 10.0. The Bertz CT molecular complexity index is 683. The summed E-state index contributed by atoms with van der Waals surface area (Å²) in [5.74, 6) is 0. The van der Waals surface area contributed by atoms with E-state index in [-0.39, 0.29) is 5.56 Å². The van der Waals surface area contributed by atoms with Crippen LogP contribution < -0.4 is 5.56 Å². The third kappa shape index (κ3) is 2.69. The quantitative estimate of drug-likeness (QED) is 0.688. The first-order chi connectivity index (χ1) is 9.19. The maximum Gasteiger partial charge on any atom is 0.270 e. The van der Waals surface area contributed by atoms with E-state index < -0.39 is 5.56 Å². The first kappa shape index (κ1) is 13.4. The molecule has 0 aliphatic rings. The molecule has 0 unspecified atom stereocenters. The molecule has 2 aromatic rings. The van der Waals surface area contributed by atoms with Crippen molar-refractivity contribution in [3.05, 3.63) is 45.7 Å². The second-order valence-electron chi connectivity index (χ2n) is 3.96. The summed E-state index contributed by atoms with van der Waals surface area (Å²) in [4.78, 5) is 18.7. The number of benzene rings is 1. The number of aromatic nitrogens is 2. The monoisotopic (exact) mass is 271 g/mol. The molecule has 0 amide bonds. The molecule has 4 nitrogen and oxygen atoms in total. The van der Waals surface area contributed by atoms with Gasteiger partial charge in [-0.2, -0.15) is 5.26 Å². The largest absolute Gasteiger partial charge is 0.300 e. The van der Waals surface area contributed by atoms with Crippen molar-refractivity contribution in [1.82, 2.24) is 9.97 Å². The zero-order valence-electron chi connectivity index (χ0n) is 10.7. The Morgan fingerprint density at radius 1 is 1.37 bits per heavy atom. The highest BCUT2D eigenvalue weighted by atomic mass is 32.2. The molecule has 0 fully saturated rings. The number of nitriles is 1. The van der Waals surface area contributed by atoms with Crippen molar-refractivity contribution in [3.63, 3.8) is 0 Å². The van der Waals surface area contributed by atoms with Crippen LogP contribution in [0.25, 0.3) is 11.3 Å².